The molecule has 0 rings (SSSR count). The monoisotopic (exact) mass is 223 g/mol. The third kappa shape index (κ3) is 3.15. The molecule has 0 aliphatic rings. The molecule has 0 saturated carbocycles. The fourth-order valence-electron chi connectivity index (χ4n) is 0.271. The van der Waals surface area contributed by atoms with Gasteiger partial charge in [0.1, 0.15) is 0 Å². The summed E-state index contributed by atoms with van der Waals surface area (Å²) in [5.74, 6) is -0.632. The summed E-state index contributed by atoms with van der Waals surface area (Å²) in [6, 6.07) is 0.00669. The van der Waals surface area contributed by atoms with E-state index < -0.39 is 9.70 Å². The van der Waals surface area contributed by atoms with Gasteiger partial charge in [0.15, 0.2) is 0 Å². The zero-order valence-electron chi connectivity index (χ0n) is 5.07. The Morgan fingerprint density at radius 3 is 2.00 bits per heavy atom. The lowest BCUT2D eigenvalue weighted by Crippen LogP contribution is -2.35. The zero-order valence-corrected chi connectivity index (χ0v) is 8.10. The fraction of sp³-hybridized carbons (Fsp3) is 0.750. The molecule has 0 spiro atoms. The second kappa shape index (κ2) is 3.86. The first-order chi connectivity index (χ1) is 4.39. The minimum absolute atomic E-state index is 0.00669. The zero-order chi connectivity index (χ0) is 8.36. The van der Waals surface area contributed by atoms with Gasteiger partial charge in [0.25, 0.3) is 9.70 Å². The number of carbonyl (C=O) groups is 1. The number of hydrogen-bond acceptors (Lipinski definition) is 1. The molecule has 0 N–H and O–H groups in total. The standard InChI is InChI=1S/C4H5Cl4NO/c1-9(2-5)3(10)4(6,7)8/h2H2,1H3. The molecule has 0 aromatic carbocycles. The highest BCUT2D eigenvalue weighted by molar-refractivity contribution is 6.76. The van der Waals surface area contributed by atoms with E-state index in [1.165, 1.54) is 7.05 Å². The first kappa shape index (κ1) is 10.6. The molecule has 0 saturated heterocycles. The second-order valence-electron chi connectivity index (χ2n) is 1.62. The van der Waals surface area contributed by atoms with E-state index in [-0.39, 0.29) is 6.00 Å². The Hall–Kier alpha value is 0.630. The van der Waals surface area contributed by atoms with Gasteiger partial charge >= 0.3 is 0 Å². The quantitative estimate of drug-likeness (QED) is 0.493. The molecule has 60 valence electrons. The highest BCUT2D eigenvalue weighted by Gasteiger charge is 2.32. The van der Waals surface area contributed by atoms with Crippen molar-refractivity contribution in [3.05, 3.63) is 0 Å². The van der Waals surface area contributed by atoms with Crippen LogP contribution in [0.5, 0.6) is 0 Å². The van der Waals surface area contributed by atoms with Gasteiger partial charge in [-0.25, -0.2) is 0 Å². The maximum atomic E-state index is 10.8. The normalized spacial score (nSPS) is 11.3. The number of hydrogen-bond donors (Lipinski definition) is 0. The summed E-state index contributed by atoms with van der Waals surface area (Å²) in [5.41, 5.74) is 0. The van der Waals surface area contributed by atoms with Crippen LogP contribution in [-0.2, 0) is 4.79 Å². The van der Waals surface area contributed by atoms with Gasteiger partial charge in [0, 0.05) is 7.05 Å². The molecule has 1 amide bonds. The van der Waals surface area contributed by atoms with Gasteiger partial charge in [-0.3, -0.25) is 4.79 Å². The van der Waals surface area contributed by atoms with E-state index in [4.69, 9.17) is 46.4 Å². The summed E-state index contributed by atoms with van der Waals surface area (Å²) in [4.78, 5) is 11.9. The van der Waals surface area contributed by atoms with Crippen LogP contribution >= 0.6 is 46.4 Å². The summed E-state index contributed by atoms with van der Waals surface area (Å²) in [6.45, 7) is 0. The van der Waals surface area contributed by atoms with Crippen LogP contribution in [0, 0.1) is 0 Å². The molecule has 10 heavy (non-hydrogen) atoms. The van der Waals surface area contributed by atoms with E-state index >= 15 is 0 Å². The van der Waals surface area contributed by atoms with Crippen molar-refractivity contribution in [3.63, 3.8) is 0 Å². The van der Waals surface area contributed by atoms with Crippen molar-refractivity contribution in [1.82, 2.24) is 4.90 Å². The second-order valence-corrected chi connectivity index (χ2v) is 4.14. The van der Waals surface area contributed by atoms with Gasteiger partial charge in [0.2, 0.25) is 0 Å². The van der Waals surface area contributed by atoms with Crippen LogP contribution in [0.3, 0.4) is 0 Å². The first-order valence-corrected chi connectivity index (χ1v) is 3.94. The Balaban J connectivity index is 4.09. The van der Waals surface area contributed by atoms with Crippen LogP contribution in [0.2, 0.25) is 0 Å². The lowest BCUT2D eigenvalue weighted by molar-refractivity contribution is -0.128. The van der Waals surface area contributed by atoms with Crippen molar-refractivity contribution in [1.29, 1.82) is 0 Å². The lowest BCUT2D eigenvalue weighted by Gasteiger charge is -2.17. The molecule has 0 aromatic heterocycles. The van der Waals surface area contributed by atoms with E-state index in [1.807, 2.05) is 0 Å². The fourth-order valence-corrected chi connectivity index (χ4v) is 0.812. The molecule has 0 aliphatic heterocycles. The van der Waals surface area contributed by atoms with E-state index in [2.05, 4.69) is 0 Å². The maximum absolute atomic E-state index is 10.8. The van der Waals surface area contributed by atoms with Gasteiger partial charge in [0.05, 0.1) is 6.00 Å². The molecule has 0 bridgehead atoms. The van der Waals surface area contributed by atoms with Crippen LogP contribution < -0.4 is 0 Å². The van der Waals surface area contributed by atoms with E-state index in [0.717, 1.165) is 4.90 Å². The van der Waals surface area contributed by atoms with Crippen molar-refractivity contribution < 1.29 is 4.79 Å². The van der Waals surface area contributed by atoms with Gasteiger partial charge in [-0.1, -0.05) is 34.8 Å². The summed E-state index contributed by atoms with van der Waals surface area (Å²) < 4.78 is -1.90. The predicted molar refractivity (Wildman–Crippen MR) is 43.8 cm³/mol. The molecule has 0 fully saturated rings. The molecular formula is C4H5Cl4NO. The Labute approximate surface area is 79.0 Å². The summed E-state index contributed by atoms with van der Waals surface area (Å²) in [5, 5.41) is 0. The van der Waals surface area contributed by atoms with Crippen molar-refractivity contribution in [3.8, 4) is 0 Å². The molecular weight excluding hydrogens is 220 g/mol. The number of alkyl halides is 4. The molecule has 0 aromatic rings. The van der Waals surface area contributed by atoms with Crippen molar-refractivity contribution in [2.24, 2.45) is 0 Å². The maximum Gasteiger partial charge on any atom is 0.275 e. The molecule has 6 heteroatoms. The summed E-state index contributed by atoms with van der Waals surface area (Å²) >= 11 is 21.0. The minimum Gasteiger partial charge on any atom is -0.328 e. The highest BCUT2D eigenvalue weighted by Crippen LogP contribution is 2.27. The van der Waals surface area contributed by atoms with Gasteiger partial charge in [-0.15, -0.1) is 11.6 Å². The largest absolute Gasteiger partial charge is 0.328 e. The molecule has 0 radical (unpaired) electrons. The van der Waals surface area contributed by atoms with Crippen LogP contribution in [-0.4, -0.2) is 27.7 Å². The topological polar surface area (TPSA) is 20.3 Å². The number of halogens is 4. The molecule has 0 heterocycles. The Kier molecular flexibility index (Phi) is 4.10. The average Bonchev–Trinajstić information content (AvgIpc) is 1.83. The average molecular weight is 225 g/mol. The Morgan fingerprint density at radius 1 is 1.50 bits per heavy atom. The molecule has 2 nitrogen and oxygen atoms in total. The minimum atomic E-state index is -1.90. The summed E-state index contributed by atoms with van der Waals surface area (Å²) in [7, 11) is 1.44. The third-order valence-corrected chi connectivity index (χ3v) is 1.61. The van der Waals surface area contributed by atoms with Crippen molar-refractivity contribution >= 4 is 52.3 Å². The highest BCUT2D eigenvalue weighted by atomic mass is 35.6. The number of amides is 1. The van der Waals surface area contributed by atoms with Crippen LogP contribution in [0.15, 0.2) is 0 Å². The number of rotatable bonds is 1. The van der Waals surface area contributed by atoms with Gasteiger partial charge in [-0.05, 0) is 0 Å². The summed E-state index contributed by atoms with van der Waals surface area (Å²) in [6.07, 6.45) is 0. The predicted octanol–water partition coefficient (Wildman–Crippen LogP) is 2.01. The Morgan fingerprint density at radius 2 is 1.90 bits per heavy atom. The molecule has 0 unspecified atom stereocenters. The van der Waals surface area contributed by atoms with Crippen LogP contribution in [0.1, 0.15) is 0 Å². The molecule has 0 aliphatic carbocycles. The SMILES string of the molecule is CN(CCl)C(=O)C(Cl)(Cl)Cl. The molecule has 0 atom stereocenters. The van der Waals surface area contributed by atoms with E-state index in [1.54, 1.807) is 0 Å². The third-order valence-electron chi connectivity index (χ3n) is 0.768. The van der Waals surface area contributed by atoms with E-state index in [0.29, 0.717) is 0 Å². The Bertz CT molecular complexity index is 132. The van der Waals surface area contributed by atoms with Crippen molar-refractivity contribution in [2.45, 2.75) is 3.79 Å². The lowest BCUT2D eigenvalue weighted by atomic mass is 10.6. The van der Waals surface area contributed by atoms with Crippen LogP contribution in [0.4, 0.5) is 0 Å². The van der Waals surface area contributed by atoms with Crippen molar-refractivity contribution in [2.75, 3.05) is 13.1 Å². The smallest absolute Gasteiger partial charge is 0.275 e. The number of nitrogens with zero attached hydrogens (tertiary/aromatic N) is 1. The van der Waals surface area contributed by atoms with Gasteiger partial charge in [-0.2, -0.15) is 0 Å². The first-order valence-electron chi connectivity index (χ1n) is 2.28. The van der Waals surface area contributed by atoms with Crippen LogP contribution in [0.25, 0.3) is 0 Å². The number of carbonyl (C=O) groups excluding carboxylic acids is 1. The van der Waals surface area contributed by atoms with Gasteiger partial charge < -0.3 is 4.90 Å². The van der Waals surface area contributed by atoms with E-state index in [9.17, 15) is 4.79 Å².